The van der Waals surface area contributed by atoms with Gasteiger partial charge in [0.05, 0.1) is 0 Å². The van der Waals surface area contributed by atoms with Gasteiger partial charge >= 0.3 is 0 Å². The monoisotopic (exact) mass is 295 g/mol. The largest absolute Gasteiger partial charge is 0.504 e. The van der Waals surface area contributed by atoms with Crippen molar-refractivity contribution in [2.24, 2.45) is 0 Å². The third-order valence-corrected chi connectivity index (χ3v) is 3.95. The SMILES string of the molecule is CN1CCN(CCCNCc2ccc(O)c(O)c2O)CC1. The second-order valence-electron chi connectivity index (χ2n) is 5.62. The highest BCUT2D eigenvalue weighted by Gasteiger charge is 2.13. The van der Waals surface area contributed by atoms with Gasteiger partial charge in [-0.2, -0.15) is 0 Å². The van der Waals surface area contributed by atoms with Crippen LogP contribution in [0.15, 0.2) is 12.1 Å². The van der Waals surface area contributed by atoms with Crippen molar-refractivity contribution in [2.45, 2.75) is 13.0 Å². The topological polar surface area (TPSA) is 79.2 Å². The number of phenolic OH excluding ortho intramolecular Hbond substituents is 3. The molecule has 6 heteroatoms. The van der Waals surface area contributed by atoms with Crippen LogP contribution in [-0.4, -0.2) is 71.4 Å². The number of rotatable bonds is 6. The van der Waals surface area contributed by atoms with Crippen molar-refractivity contribution in [3.63, 3.8) is 0 Å². The number of piperazine rings is 1. The molecule has 0 bridgehead atoms. The van der Waals surface area contributed by atoms with E-state index in [2.05, 4.69) is 22.2 Å². The van der Waals surface area contributed by atoms with E-state index in [1.165, 1.54) is 6.07 Å². The average Bonchev–Trinajstić information content (AvgIpc) is 2.48. The molecule has 0 radical (unpaired) electrons. The van der Waals surface area contributed by atoms with Crippen molar-refractivity contribution < 1.29 is 15.3 Å². The van der Waals surface area contributed by atoms with Crippen molar-refractivity contribution in [2.75, 3.05) is 46.3 Å². The first-order chi connectivity index (χ1) is 10.1. The molecule has 0 amide bonds. The molecular weight excluding hydrogens is 270 g/mol. The molecule has 1 heterocycles. The summed E-state index contributed by atoms with van der Waals surface area (Å²) in [6, 6.07) is 2.99. The van der Waals surface area contributed by atoms with E-state index in [-0.39, 0.29) is 11.5 Å². The van der Waals surface area contributed by atoms with Crippen LogP contribution in [0.25, 0.3) is 0 Å². The van der Waals surface area contributed by atoms with Crippen molar-refractivity contribution >= 4 is 0 Å². The minimum Gasteiger partial charge on any atom is -0.504 e. The Morgan fingerprint density at radius 1 is 1.05 bits per heavy atom. The summed E-state index contributed by atoms with van der Waals surface area (Å²) in [6.07, 6.45) is 1.05. The fraction of sp³-hybridized carbons (Fsp3) is 0.600. The van der Waals surface area contributed by atoms with E-state index in [4.69, 9.17) is 0 Å². The predicted molar refractivity (Wildman–Crippen MR) is 81.7 cm³/mol. The normalized spacial score (nSPS) is 17.2. The average molecular weight is 295 g/mol. The van der Waals surface area contributed by atoms with Crippen LogP contribution in [0.1, 0.15) is 12.0 Å². The Morgan fingerprint density at radius 2 is 1.76 bits per heavy atom. The lowest BCUT2D eigenvalue weighted by molar-refractivity contribution is 0.152. The number of nitrogens with one attached hydrogen (secondary N) is 1. The summed E-state index contributed by atoms with van der Waals surface area (Å²) in [7, 11) is 2.15. The molecule has 1 aliphatic rings. The molecular formula is C15H25N3O3. The molecule has 1 aromatic carbocycles. The lowest BCUT2D eigenvalue weighted by Crippen LogP contribution is -2.45. The van der Waals surface area contributed by atoms with Gasteiger partial charge in [0.1, 0.15) is 0 Å². The standard InChI is InChI=1S/C15H25N3O3/c1-17-7-9-18(10-8-17)6-2-5-16-11-12-3-4-13(19)15(21)14(12)20/h3-4,16,19-21H,2,5-11H2,1H3. The van der Waals surface area contributed by atoms with Crippen LogP contribution < -0.4 is 5.32 Å². The van der Waals surface area contributed by atoms with Crippen LogP contribution in [0.4, 0.5) is 0 Å². The van der Waals surface area contributed by atoms with E-state index in [1.807, 2.05) is 0 Å². The van der Waals surface area contributed by atoms with Gasteiger partial charge in [-0.05, 0) is 32.6 Å². The van der Waals surface area contributed by atoms with Crippen LogP contribution >= 0.6 is 0 Å². The van der Waals surface area contributed by atoms with Gasteiger partial charge in [-0.15, -0.1) is 0 Å². The van der Waals surface area contributed by atoms with Gasteiger partial charge in [0.15, 0.2) is 11.5 Å². The van der Waals surface area contributed by atoms with E-state index >= 15 is 0 Å². The molecule has 0 atom stereocenters. The first kappa shape index (κ1) is 15.9. The van der Waals surface area contributed by atoms with Crippen molar-refractivity contribution in [3.8, 4) is 17.2 Å². The highest BCUT2D eigenvalue weighted by molar-refractivity contribution is 5.52. The minimum atomic E-state index is -0.452. The lowest BCUT2D eigenvalue weighted by atomic mass is 10.1. The zero-order chi connectivity index (χ0) is 15.2. The summed E-state index contributed by atoms with van der Waals surface area (Å²) in [5, 5.41) is 31.6. The fourth-order valence-corrected chi connectivity index (χ4v) is 2.48. The van der Waals surface area contributed by atoms with Crippen LogP contribution in [0, 0.1) is 0 Å². The quantitative estimate of drug-likeness (QED) is 0.453. The highest BCUT2D eigenvalue weighted by Crippen LogP contribution is 2.36. The number of phenols is 3. The Kier molecular flexibility index (Phi) is 5.67. The smallest absolute Gasteiger partial charge is 0.200 e. The molecule has 21 heavy (non-hydrogen) atoms. The van der Waals surface area contributed by atoms with Crippen LogP contribution in [0.2, 0.25) is 0 Å². The van der Waals surface area contributed by atoms with Gasteiger partial charge in [-0.1, -0.05) is 6.07 Å². The van der Waals surface area contributed by atoms with Gasteiger partial charge < -0.3 is 30.4 Å². The number of benzene rings is 1. The van der Waals surface area contributed by atoms with E-state index in [9.17, 15) is 15.3 Å². The Labute approximate surface area is 125 Å². The molecule has 1 aromatic rings. The number of aromatic hydroxyl groups is 3. The van der Waals surface area contributed by atoms with Crippen molar-refractivity contribution in [1.82, 2.24) is 15.1 Å². The Balaban J connectivity index is 1.65. The van der Waals surface area contributed by atoms with E-state index in [0.717, 1.165) is 45.7 Å². The van der Waals surface area contributed by atoms with Crippen LogP contribution in [0.5, 0.6) is 17.2 Å². The number of likely N-dealkylation sites (N-methyl/N-ethyl adjacent to an activating group) is 1. The molecule has 1 aliphatic heterocycles. The van der Waals surface area contributed by atoms with E-state index in [1.54, 1.807) is 6.07 Å². The zero-order valence-electron chi connectivity index (χ0n) is 12.5. The summed E-state index contributed by atoms with van der Waals surface area (Å²) in [6.45, 7) is 6.93. The van der Waals surface area contributed by atoms with Crippen molar-refractivity contribution in [3.05, 3.63) is 17.7 Å². The molecule has 0 aromatic heterocycles. The number of hydrogen-bond acceptors (Lipinski definition) is 6. The second kappa shape index (κ2) is 7.49. The summed E-state index contributed by atoms with van der Waals surface area (Å²) in [5.74, 6) is -1.00. The molecule has 1 saturated heterocycles. The second-order valence-corrected chi connectivity index (χ2v) is 5.62. The van der Waals surface area contributed by atoms with Gasteiger partial charge in [-0.3, -0.25) is 0 Å². The maximum Gasteiger partial charge on any atom is 0.200 e. The fourth-order valence-electron chi connectivity index (χ4n) is 2.48. The van der Waals surface area contributed by atoms with Gasteiger partial charge in [0, 0.05) is 38.3 Å². The van der Waals surface area contributed by atoms with Gasteiger partial charge in [0.2, 0.25) is 5.75 Å². The third-order valence-electron chi connectivity index (χ3n) is 3.95. The summed E-state index contributed by atoms with van der Waals surface area (Å²) in [5.41, 5.74) is 0.588. The molecule has 2 rings (SSSR count). The molecule has 0 unspecified atom stereocenters. The van der Waals surface area contributed by atoms with Crippen LogP contribution in [-0.2, 0) is 6.54 Å². The Hall–Kier alpha value is -1.50. The number of nitrogens with zero attached hydrogens (tertiary/aromatic N) is 2. The summed E-state index contributed by atoms with van der Waals surface area (Å²) in [4.78, 5) is 4.81. The molecule has 1 fully saturated rings. The predicted octanol–water partition coefficient (Wildman–Crippen LogP) is 0.530. The maximum absolute atomic E-state index is 9.70. The lowest BCUT2D eigenvalue weighted by Gasteiger charge is -2.32. The van der Waals surface area contributed by atoms with E-state index in [0.29, 0.717) is 12.1 Å². The molecule has 0 saturated carbocycles. The first-order valence-corrected chi connectivity index (χ1v) is 7.42. The maximum atomic E-state index is 9.70. The third kappa shape index (κ3) is 4.49. The molecule has 4 N–H and O–H groups in total. The van der Waals surface area contributed by atoms with Gasteiger partial charge in [0.25, 0.3) is 0 Å². The molecule has 0 spiro atoms. The van der Waals surface area contributed by atoms with Crippen LogP contribution in [0.3, 0.4) is 0 Å². The Bertz CT molecular complexity index is 460. The number of hydrogen-bond donors (Lipinski definition) is 4. The minimum absolute atomic E-state index is 0.249. The summed E-state index contributed by atoms with van der Waals surface area (Å²) >= 11 is 0. The van der Waals surface area contributed by atoms with Crippen molar-refractivity contribution in [1.29, 1.82) is 0 Å². The molecule has 118 valence electrons. The highest BCUT2D eigenvalue weighted by atomic mass is 16.3. The summed E-state index contributed by atoms with van der Waals surface area (Å²) < 4.78 is 0. The van der Waals surface area contributed by atoms with Gasteiger partial charge in [-0.25, -0.2) is 0 Å². The molecule has 0 aliphatic carbocycles. The zero-order valence-corrected chi connectivity index (χ0v) is 12.5. The first-order valence-electron chi connectivity index (χ1n) is 7.42. The van der Waals surface area contributed by atoms with E-state index < -0.39 is 5.75 Å². The molecule has 6 nitrogen and oxygen atoms in total. The Morgan fingerprint density at radius 3 is 2.48 bits per heavy atom.